The van der Waals surface area contributed by atoms with E-state index >= 15 is 0 Å². The number of carbonyl (C=O) groups is 3. The molecule has 152 valence electrons. The Labute approximate surface area is 158 Å². The van der Waals surface area contributed by atoms with Gasteiger partial charge < -0.3 is 20.1 Å². The van der Waals surface area contributed by atoms with E-state index in [1.807, 2.05) is 0 Å². The third kappa shape index (κ3) is 3.97. The molecule has 1 fully saturated rings. The molecule has 0 saturated carbocycles. The molecule has 0 aliphatic carbocycles. The average Bonchev–Trinajstić information content (AvgIpc) is 2.80. The first-order valence-corrected chi connectivity index (χ1v) is 8.48. The largest absolute Gasteiger partial charge is 0.490 e. The number of nitrogens with one attached hydrogen (secondary N) is 2. The van der Waals surface area contributed by atoms with E-state index in [2.05, 4.69) is 5.32 Å². The molecule has 2 aliphatic rings. The maximum atomic E-state index is 12.8. The van der Waals surface area contributed by atoms with Gasteiger partial charge in [0.15, 0.2) is 11.5 Å². The minimum absolute atomic E-state index is 0.397. The Bertz CT molecular complexity index is 814. The summed E-state index contributed by atoms with van der Waals surface area (Å²) in [5.41, 5.74) is -1.10. The first kappa shape index (κ1) is 19.8. The van der Waals surface area contributed by atoms with E-state index in [0.29, 0.717) is 41.6 Å². The molecule has 0 spiro atoms. The summed E-state index contributed by atoms with van der Waals surface area (Å²) in [6.45, 7) is -0.00495. The van der Waals surface area contributed by atoms with E-state index in [-0.39, 0.29) is 0 Å². The SMILES string of the molecule is C[C@]1(c2ccc3c(c2)OCCCO3)NC(=O)N(CC(=O)NCC(F)(F)F)C1=O. The number of nitrogens with zero attached hydrogens (tertiary/aromatic N) is 1. The highest BCUT2D eigenvalue weighted by Gasteiger charge is 2.50. The van der Waals surface area contributed by atoms with Crippen molar-refractivity contribution in [2.75, 3.05) is 26.3 Å². The van der Waals surface area contributed by atoms with Gasteiger partial charge in [0.25, 0.3) is 5.91 Å². The number of urea groups is 1. The van der Waals surface area contributed by atoms with Gasteiger partial charge >= 0.3 is 12.2 Å². The summed E-state index contributed by atoms with van der Waals surface area (Å²) in [5.74, 6) is -0.928. The number of benzene rings is 1. The predicted molar refractivity (Wildman–Crippen MR) is 88.7 cm³/mol. The van der Waals surface area contributed by atoms with Crippen molar-refractivity contribution in [3.63, 3.8) is 0 Å². The van der Waals surface area contributed by atoms with E-state index < -0.39 is 42.7 Å². The molecule has 0 radical (unpaired) electrons. The van der Waals surface area contributed by atoms with Gasteiger partial charge in [-0.3, -0.25) is 14.5 Å². The molecule has 1 aromatic carbocycles. The number of hydrogen-bond acceptors (Lipinski definition) is 5. The second-order valence-corrected chi connectivity index (χ2v) is 6.55. The highest BCUT2D eigenvalue weighted by Crippen LogP contribution is 2.36. The van der Waals surface area contributed by atoms with Crippen molar-refractivity contribution in [3.05, 3.63) is 23.8 Å². The van der Waals surface area contributed by atoms with Crippen LogP contribution in [0.25, 0.3) is 0 Å². The number of halogens is 3. The molecular formula is C17H18F3N3O5. The Kier molecular flexibility index (Phi) is 5.09. The van der Waals surface area contributed by atoms with Crippen molar-refractivity contribution in [2.45, 2.75) is 25.1 Å². The Morgan fingerprint density at radius 1 is 1.25 bits per heavy atom. The van der Waals surface area contributed by atoms with Gasteiger partial charge in [-0.15, -0.1) is 0 Å². The van der Waals surface area contributed by atoms with Crippen molar-refractivity contribution in [1.29, 1.82) is 0 Å². The van der Waals surface area contributed by atoms with E-state index in [1.165, 1.54) is 6.92 Å². The summed E-state index contributed by atoms with van der Waals surface area (Å²) >= 11 is 0. The lowest BCUT2D eigenvalue weighted by atomic mass is 9.91. The maximum Gasteiger partial charge on any atom is 0.405 e. The van der Waals surface area contributed by atoms with Gasteiger partial charge in [-0.05, 0) is 24.6 Å². The molecule has 0 aromatic heterocycles. The number of fused-ring (bicyclic) bond motifs is 1. The molecule has 1 aromatic rings. The van der Waals surface area contributed by atoms with Gasteiger partial charge in [-0.1, -0.05) is 6.07 Å². The van der Waals surface area contributed by atoms with Crippen LogP contribution >= 0.6 is 0 Å². The number of rotatable bonds is 4. The Morgan fingerprint density at radius 3 is 2.61 bits per heavy atom. The first-order valence-electron chi connectivity index (χ1n) is 8.48. The summed E-state index contributed by atoms with van der Waals surface area (Å²) in [5, 5.41) is 4.12. The quantitative estimate of drug-likeness (QED) is 0.742. The van der Waals surface area contributed by atoms with E-state index in [0.717, 1.165) is 0 Å². The molecule has 4 amide bonds. The predicted octanol–water partition coefficient (Wildman–Crippen LogP) is 1.29. The van der Waals surface area contributed by atoms with Crippen LogP contribution in [-0.4, -0.2) is 55.2 Å². The molecule has 3 rings (SSSR count). The zero-order chi connectivity index (χ0) is 20.5. The van der Waals surface area contributed by atoms with Crippen molar-refractivity contribution < 1.29 is 37.0 Å². The van der Waals surface area contributed by atoms with Crippen molar-refractivity contribution >= 4 is 17.8 Å². The van der Waals surface area contributed by atoms with Crippen LogP contribution < -0.4 is 20.1 Å². The number of imide groups is 1. The molecule has 2 aliphatic heterocycles. The summed E-state index contributed by atoms with van der Waals surface area (Å²) in [7, 11) is 0. The summed E-state index contributed by atoms with van der Waals surface area (Å²) in [6.07, 6.45) is -3.90. The summed E-state index contributed by atoms with van der Waals surface area (Å²) in [4.78, 5) is 37.2. The smallest absolute Gasteiger partial charge is 0.405 e. The van der Waals surface area contributed by atoms with Crippen LogP contribution in [0.15, 0.2) is 18.2 Å². The fraction of sp³-hybridized carbons (Fsp3) is 0.471. The third-order valence-corrected chi connectivity index (χ3v) is 4.39. The Morgan fingerprint density at radius 2 is 1.93 bits per heavy atom. The van der Waals surface area contributed by atoms with E-state index in [9.17, 15) is 27.6 Å². The zero-order valence-electron chi connectivity index (χ0n) is 14.9. The normalized spacial score (nSPS) is 21.9. The average molecular weight is 401 g/mol. The summed E-state index contributed by atoms with van der Waals surface area (Å²) in [6, 6.07) is 3.88. The molecule has 2 N–H and O–H groups in total. The van der Waals surface area contributed by atoms with Gasteiger partial charge in [0.05, 0.1) is 13.2 Å². The highest BCUT2D eigenvalue weighted by molar-refractivity contribution is 6.09. The van der Waals surface area contributed by atoms with Gasteiger partial charge in [-0.25, -0.2) is 4.79 Å². The number of alkyl halides is 3. The van der Waals surface area contributed by atoms with Crippen molar-refractivity contribution in [3.8, 4) is 11.5 Å². The minimum Gasteiger partial charge on any atom is -0.490 e. The molecule has 28 heavy (non-hydrogen) atoms. The second-order valence-electron chi connectivity index (χ2n) is 6.55. The van der Waals surface area contributed by atoms with Crippen LogP contribution in [0.5, 0.6) is 11.5 Å². The van der Waals surface area contributed by atoms with Crippen LogP contribution in [-0.2, 0) is 15.1 Å². The number of hydrogen-bond donors (Lipinski definition) is 2. The number of carbonyl (C=O) groups excluding carboxylic acids is 3. The van der Waals surface area contributed by atoms with Crippen LogP contribution in [0.1, 0.15) is 18.9 Å². The lowest BCUT2D eigenvalue weighted by Crippen LogP contribution is -2.44. The Balaban J connectivity index is 1.76. The van der Waals surface area contributed by atoms with Crippen LogP contribution in [0.3, 0.4) is 0 Å². The number of amides is 4. The standard InChI is InChI=1S/C17H18F3N3O5/c1-16(10-3-4-11-12(7-10)28-6-2-5-27-11)14(25)23(15(26)22-16)8-13(24)21-9-17(18,19)20/h3-4,7H,2,5-6,8-9H2,1H3,(H,21,24)(H,22,26)/t16-/m1/s1. The maximum absolute atomic E-state index is 12.8. The van der Waals surface area contributed by atoms with Gasteiger partial charge in [0.1, 0.15) is 18.6 Å². The molecule has 0 bridgehead atoms. The second kappa shape index (κ2) is 7.21. The molecule has 8 nitrogen and oxygen atoms in total. The molecule has 1 saturated heterocycles. The zero-order valence-corrected chi connectivity index (χ0v) is 14.9. The fourth-order valence-corrected chi connectivity index (χ4v) is 2.91. The fourth-order valence-electron chi connectivity index (χ4n) is 2.91. The summed E-state index contributed by atoms with van der Waals surface area (Å²) < 4.78 is 47.7. The van der Waals surface area contributed by atoms with Crippen LogP contribution in [0.2, 0.25) is 0 Å². The van der Waals surface area contributed by atoms with Gasteiger partial charge in [-0.2, -0.15) is 13.2 Å². The minimum atomic E-state index is -4.59. The first-order chi connectivity index (χ1) is 13.1. The molecule has 1 atom stereocenters. The monoisotopic (exact) mass is 401 g/mol. The molecular weight excluding hydrogens is 383 g/mol. The lowest BCUT2D eigenvalue weighted by molar-refractivity contribution is -0.141. The van der Waals surface area contributed by atoms with Gasteiger partial charge in [0.2, 0.25) is 5.91 Å². The number of ether oxygens (including phenoxy) is 2. The molecule has 0 unspecified atom stereocenters. The van der Waals surface area contributed by atoms with E-state index in [1.54, 1.807) is 23.5 Å². The van der Waals surface area contributed by atoms with Gasteiger partial charge in [0, 0.05) is 6.42 Å². The molecule has 11 heteroatoms. The Hall–Kier alpha value is -2.98. The lowest BCUT2D eigenvalue weighted by Gasteiger charge is -2.23. The van der Waals surface area contributed by atoms with Crippen LogP contribution in [0.4, 0.5) is 18.0 Å². The van der Waals surface area contributed by atoms with Crippen molar-refractivity contribution in [1.82, 2.24) is 15.5 Å². The highest BCUT2D eigenvalue weighted by atomic mass is 19.4. The molecule has 2 heterocycles. The van der Waals surface area contributed by atoms with E-state index in [4.69, 9.17) is 9.47 Å². The van der Waals surface area contributed by atoms with Crippen molar-refractivity contribution in [2.24, 2.45) is 0 Å². The third-order valence-electron chi connectivity index (χ3n) is 4.39. The topological polar surface area (TPSA) is 97.0 Å². The van der Waals surface area contributed by atoms with Crippen LogP contribution in [0, 0.1) is 0 Å².